The van der Waals surface area contributed by atoms with E-state index >= 15 is 0 Å². The van der Waals surface area contributed by atoms with Crippen LogP contribution in [0.3, 0.4) is 0 Å². The van der Waals surface area contributed by atoms with E-state index in [1.807, 2.05) is 25.2 Å². The fourth-order valence-corrected chi connectivity index (χ4v) is 5.71. The van der Waals surface area contributed by atoms with E-state index in [2.05, 4.69) is 13.6 Å². The van der Waals surface area contributed by atoms with E-state index in [0.29, 0.717) is 40.5 Å². The Morgan fingerprint density at radius 2 is 1.75 bits per heavy atom. The number of carbonyl (C=O) groups is 1. The molecule has 11 heteroatoms. The Morgan fingerprint density at radius 3 is 2.48 bits per heavy atom. The van der Waals surface area contributed by atoms with Crippen LogP contribution in [0.1, 0.15) is 16.7 Å². The van der Waals surface area contributed by atoms with Gasteiger partial charge in [0.25, 0.3) is 5.79 Å². The number of anilines is 1. The van der Waals surface area contributed by atoms with Gasteiger partial charge in [-0.3, -0.25) is 0 Å². The largest absolute Gasteiger partial charge is 0.493 e. The number of rotatable bonds is 7. The van der Waals surface area contributed by atoms with Crippen molar-refractivity contribution in [3.8, 4) is 23.0 Å². The number of hydrogen-bond acceptors (Lipinski definition) is 11. The predicted octanol–water partition coefficient (Wildman–Crippen LogP) is 3.94. The van der Waals surface area contributed by atoms with Gasteiger partial charge in [-0.1, -0.05) is 12.1 Å². The normalized spacial score (nSPS) is 18.4. The fraction of sp³-hybridized carbons (Fsp3) is 0.276. The summed E-state index contributed by atoms with van der Waals surface area (Å²) < 4.78 is 36.7. The maximum absolute atomic E-state index is 13.6. The number of ether oxygens (including phenoxy) is 5. The maximum Gasteiger partial charge on any atom is 0.342 e. The number of likely N-dealkylation sites (N-methyl/N-ethyl adjacent to an activating group) is 1. The van der Waals surface area contributed by atoms with Crippen LogP contribution in [0.2, 0.25) is 0 Å². The molecule has 0 fully saturated rings. The molecule has 40 heavy (non-hydrogen) atoms. The van der Waals surface area contributed by atoms with Crippen LogP contribution in [0.15, 0.2) is 54.1 Å². The van der Waals surface area contributed by atoms with Gasteiger partial charge in [0, 0.05) is 24.6 Å². The van der Waals surface area contributed by atoms with Crippen LogP contribution < -0.4 is 23.8 Å². The molecule has 0 saturated heterocycles. The zero-order valence-corrected chi connectivity index (χ0v) is 23.2. The van der Waals surface area contributed by atoms with Gasteiger partial charge in [-0.2, -0.15) is 8.75 Å². The highest BCUT2D eigenvalue weighted by molar-refractivity contribution is 7.00. The Labute approximate surface area is 234 Å². The minimum absolute atomic E-state index is 0.211. The molecule has 1 N–H and O–H groups in total. The number of methoxy groups -OCH3 is 3. The number of hydrogen-bond donors (Lipinski definition) is 1. The molecular formula is C29H27N3O7S. The summed E-state index contributed by atoms with van der Waals surface area (Å²) in [6, 6.07) is 14.4. The summed E-state index contributed by atoms with van der Waals surface area (Å²) in [6.07, 6.45) is 0.211. The molecule has 1 atom stereocenters. The molecule has 3 aromatic carbocycles. The summed E-state index contributed by atoms with van der Waals surface area (Å²) in [6.45, 7) is 1.36. The number of benzene rings is 3. The van der Waals surface area contributed by atoms with Crippen molar-refractivity contribution >= 4 is 40.0 Å². The van der Waals surface area contributed by atoms with E-state index < -0.39 is 11.8 Å². The van der Waals surface area contributed by atoms with Crippen molar-refractivity contribution in [2.45, 2.75) is 12.2 Å². The van der Waals surface area contributed by atoms with Crippen LogP contribution in [0.5, 0.6) is 23.0 Å². The Balaban J connectivity index is 1.55. The van der Waals surface area contributed by atoms with E-state index in [4.69, 9.17) is 23.7 Å². The molecule has 206 valence electrons. The summed E-state index contributed by atoms with van der Waals surface area (Å²) >= 11 is 1.09. The van der Waals surface area contributed by atoms with Crippen molar-refractivity contribution < 1.29 is 33.6 Å². The molecule has 2 aliphatic rings. The van der Waals surface area contributed by atoms with Crippen molar-refractivity contribution in [3.05, 3.63) is 70.8 Å². The van der Waals surface area contributed by atoms with Gasteiger partial charge in [0.1, 0.15) is 23.4 Å². The second-order valence-corrected chi connectivity index (χ2v) is 10.0. The monoisotopic (exact) mass is 561 g/mol. The topological polar surface area (TPSA) is 112 Å². The summed E-state index contributed by atoms with van der Waals surface area (Å²) in [5.41, 5.74) is 4.63. The van der Waals surface area contributed by atoms with E-state index in [9.17, 15) is 9.90 Å². The highest BCUT2D eigenvalue weighted by atomic mass is 32.1. The molecule has 1 unspecified atom stereocenters. The molecular weight excluding hydrogens is 534 g/mol. The third-order valence-corrected chi connectivity index (χ3v) is 7.81. The lowest BCUT2D eigenvalue weighted by Gasteiger charge is -2.29. The zero-order chi connectivity index (χ0) is 28.0. The first kappa shape index (κ1) is 25.9. The van der Waals surface area contributed by atoms with Gasteiger partial charge in [-0.05, 0) is 47.5 Å². The second kappa shape index (κ2) is 10.00. The summed E-state index contributed by atoms with van der Waals surface area (Å²) in [7, 11) is 6.46. The van der Waals surface area contributed by atoms with Gasteiger partial charge in [-0.25, -0.2) is 4.79 Å². The van der Waals surface area contributed by atoms with E-state index in [1.165, 1.54) is 21.3 Å². The minimum Gasteiger partial charge on any atom is -0.493 e. The standard InChI is InChI=1S/C29H27N3O7S/c1-32-9-10-38-23-8-5-16(12-22(23)32)11-19-26(17-6-7-20-21(13-17)31-40-30-20)28(33)39-29(19,34)18-14-24(35-2)27(37-4)25(15-18)36-3/h5-8,12-15,34H,9-11H2,1-4H3. The van der Waals surface area contributed by atoms with Crippen molar-refractivity contribution in [1.29, 1.82) is 0 Å². The smallest absolute Gasteiger partial charge is 0.342 e. The number of aromatic nitrogens is 2. The van der Waals surface area contributed by atoms with E-state index in [0.717, 1.165) is 40.8 Å². The maximum atomic E-state index is 13.6. The SMILES string of the molecule is COc1cc(C2(O)OC(=O)C(c3ccc4nsnc4c3)=C2Cc2ccc3c(c2)N(C)CCO3)cc(OC)c1OC. The van der Waals surface area contributed by atoms with Crippen LogP contribution in [0.25, 0.3) is 16.6 Å². The predicted molar refractivity (Wildman–Crippen MR) is 149 cm³/mol. The number of carbonyl (C=O) groups excluding carboxylic acids is 1. The molecule has 0 spiro atoms. The number of cyclic esters (lactones) is 1. The number of fused-ring (bicyclic) bond motifs is 2. The van der Waals surface area contributed by atoms with E-state index in [1.54, 1.807) is 30.3 Å². The van der Waals surface area contributed by atoms with Crippen LogP contribution >= 0.6 is 11.7 Å². The highest BCUT2D eigenvalue weighted by Crippen LogP contribution is 2.49. The first-order valence-electron chi connectivity index (χ1n) is 12.6. The second-order valence-electron chi connectivity index (χ2n) is 9.52. The fourth-order valence-electron chi connectivity index (χ4n) is 5.20. The first-order valence-corrected chi connectivity index (χ1v) is 13.3. The molecule has 0 bridgehead atoms. The van der Waals surface area contributed by atoms with Gasteiger partial charge < -0.3 is 33.7 Å². The third-order valence-electron chi connectivity index (χ3n) is 7.25. The van der Waals surface area contributed by atoms with Crippen LogP contribution in [0, 0.1) is 0 Å². The summed E-state index contributed by atoms with van der Waals surface area (Å²) in [5, 5.41) is 12.2. The van der Waals surface area contributed by atoms with Crippen molar-refractivity contribution in [2.24, 2.45) is 0 Å². The van der Waals surface area contributed by atoms with Crippen LogP contribution in [0.4, 0.5) is 5.69 Å². The zero-order valence-electron chi connectivity index (χ0n) is 22.4. The molecule has 10 nitrogen and oxygen atoms in total. The molecule has 3 heterocycles. The Kier molecular flexibility index (Phi) is 6.47. The number of nitrogens with zero attached hydrogens (tertiary/aromatic N) is 3. The molecule has 0 amide bonds. The average Bonchev–Trinajstić information content (AvgIpc) is 3.54. The van der Waals surface area contributed by atoms with Crippen molar-refractivity contribution in [1.82, 2.24) is 8.75 Å². The number of aliphatic hydroxyl groups is 1. The number of esters is 1. The lowest BCUT2D eigenvalue weighted by atomic mass is 9.87. The van der Waals surface area contributed by atoms with Crippen molar-refractivity contribution in [2.75, 3.05) is 46.4 Å². The van der Waals surface area contributed by atoms with Gasteiger partial charge in [0.2, 0.25) is 5.75 Å². The van der Waals surface area contributed by atoms with Gasteiger partial charge in [-0.15, -0.1) is 0 Å². The van der Waals surface area contributed by atoms with Crippen LogP contribution in [-0.4, -0.2) is 61.4 Å². The molecule has 4 aromatic rings. The Bertz CT molecular complexity index is 1640. The van der Waals surface area contributed by atoms with Crippen LogP contribution in [-0.2, 0) is 21.7 Å². The quantitative estimate of drug-likeness (QED) is 0.333. The summed E-state index contributed by atoms with van der Waals surface area (Å²) in [4.78, 5) is 15.7. The molecule has 2 aliphatic heterocycles. The lowest BCUT2D eigenvalue weighted by molar-refractivity contribution is -0.185. The molecule has 0 saturated carbocycles. The lowest BCUT2D eigenvalue weighted by Crippen LogP contribution is -2.30. The van der Waals surface area contributed by atoms with Gasteiger partial charge in [0.15, 0.2) is 11.5 Å². The van der Waals surface area contributed by atoms with Gasteiger partial charge in [0.05, 0.1) is 50.9 Å². The Morgan fingerprint density at radius 1 is 1.00 bits per heavy atom. The van der Waals surface area contributed by atoms with Crippen molar-refractivity contribution in [3.63, 3.8) is 0 Å². The summed E-state index contributed by atoms with van der Waals surface area (Å²) in [5.74, 6) is -1.01. The third kappa shape index (κ3) is 4.18. The van der Waals surface area contributed by atoms with Gasteiger partial charge >= 0.3 is 5.97 Å². The molecule has 6 rings (SSSR count). The highest BCUT2D eigenvalue weighted by Gasteiger charge is 2.49. The minimum atomic E-state index is -2.12. The first-order chi connectivity index (χ1) is 19.4. The molecule has 0 aliphatic carbocycles. The van der Waals surface area contributed by atoms with E-state index in [-0.39, 0.29) is 17.6 Å². The molecule has 1 aromatic heterocycles. The molecule has 0 radical (unpaired) electrons. The average molecular weight is 562 g/mol. The Hall–Kier alpha value is -4.35.